The lowest BCUT2D eigenvalue weighted by Gasteiger charge is -2.05. The van der Waals surface area contributed by atoms with Gasteiger partial charge in [-0.3, -0.25) is 9.78 Å². The van der Waals surface area contributed by atoms with Gasteiger partial charge in [-0.2, -0.15) is 0 Å². The second-order valence-electron chi connectivity index (χ2n) is 6.38. The summed E-state index contributed by atoms with van der Waals surface area (Å²) < 4.78 is 1.99. The fourth-order valence-corrected chi connectivity index (χ4v) is 3.09. The van der Waals surface area contributed by atoms with Crippen LogP contribution in [0.2, 0.25) is 0 Å². The van der Waals surface area contributed by atoms with E-state index < -0.39 is 0 Å². The van der Waals surface area contributed by atoms with Crippen LogP contribution in [0.1, 0.15) is 71.1 Å². The molecule has 0 radical (unpaired) electrons. The van der Waals surface area contributed by atoms with Crippen LogP contribution in [-0.2, 0) is 6.54 Å². The van der Waals surface area contributed by atoms with Gasteiger partial charge in [-0.15, -0.1) is 0 Å². The Bertz CT molecular complexity index is 644. The number of hydrogen-bond donors (Lipinski definition) is 2. The molecule has 0 amide bonds. The molecule has 0 aliphatic rings. The second-order valence-corrected chi connectivity index (χ2v) is 6.38. The van der Waals surface area contributed by atoms with Gasteiger partial charge in [0.05, 0.1) is 5.52 Å². The van der Waals surface area contributed by atoms with Crippen LogP contribution in [0.5, 0.6) is 0 Å². The number of unbranched alkanes of at least 4 members (excludes halogenated alkanes) is 9. The summed E-state index contributed by atoms with van der Waals surface area (Å²) in [7, 11) is 0. The fraction of sp³-hybridized carbons (Fsp3) is 0.667. The number of aromatic amines is 1. The molecule has 0 spiro atoms. The van der Waals surface area contributed by atoms with Gasteiger partial charge in [-0.05, 0) is 12.5 Å². The van der Waals surface area contributed by atoms with Gasteiger partial charge in [-0.25, -0.2) is 4.98 Å². The van der Waals surface area contributed by atoms with Crippen molar-refractivity contribution < 1.29 is 0 Å². The SMILES string of the molecule is CCCCCCCCCCCCn1ccc2nc(N)[nH]c(=O)c21. The molecule has 0 unspecified atom stereocenters. The van der Waals surface area contributed by atoms with E-state index in [1.165, 1.54) is 57.8 Å². The first kappa shape index (κ1) is 17.6. The third-order valence-electron chi connectivity index (χ3n) is 4.39. The molecule has 2 rings (SSSR count). The van der Waals surface area contributed by atoms with E-state index in [2.05, 4.69) is 16.9 Å². The summed E-state index contributed by atoms with van der Waals surface area (Å²) in [5.41, 5.74) is 6.73. The molecule has 5 nitrogen and oxygen atoms in total. The maximum absolute atomic E-state index is 12.0. The summed E-state index contributed by atoms with van der Waals surface area (Å²) in [6.45, 7) is 3.13. The molecule has 0 aromatic carbocycles. The van der Waals surface area contributed by atoms with Gasteiger partial charge in [0.15, 0.2) is 0 Å². The van der Waals surface area contributed by atoms with E-state index >= 15 is 0 Å². The van der Waals surface area contributed by atoms with Crippen LogP contribution in [0.4, 0.5) is 5.95 Å². The number of fused-ring (bicyclic) bond motifs is 1. The molecule has 0 aliphatic carbocycles. The molecule has 0 saturated carbocycles. The molecule has 0 bridgehead atoms. The molecule has 0 saturated heterocycles. The van der Waals surface area contributed by atoms with Crippen LogP contribution in [0.25, 0.3) is 11.0 Å². The standard InChI is InChI=1S/C18H30N4O/c1-2-3-4-5-6-7-8-9-10-11-13-22-14-12-15-16(22)17(23)21-18(19)20-15/h12,14H,2-11,13H2,1H3,(H3,19,20,21,23). The van der Waals surface area contributed by atoms with E-state index in [0.717, 1.165) is 13.0 Å². The van der Waals surface area contributed by atoms with Gasteiger partial charge in [-0.1, -0.05) is 64.7 Å². The highest BCUT2D eigenvalue weighted by Gasteiger charge is 2.07. The van der Waals surface area contributed by atoms with Crippen molar-refractivity contribution in [2.75, 3.05) is 5.73 Å². The molecule has 5 heteroatoms. The zero-order valence-electron chi connectivity index (χ0n) is 14.3. The summed E-state index contributed by atoms with van der Waals surface area (Å²) in [6.07, 6.45) is 15.1. The maximum Gasteiger partial charge on any atom is 0.276 e. The highest BCUT2D eigenvalue weighted by molar-refractivity contribution is 5.75. The zero-order valence-corrected chi connectivity index (χ0v) is 14.3. The third-order valence-corrected chi connectivity index (χ3v) is 4.39. The molecule has 0 fully saturated rings. The van der Waals surface area contributed by atoms with Gasteiger partial charge in [0, 0.05) is 12.7 Å². The number of hydrogen-bond acceptors (Lipinski definition) is 3. The van der Waals surface area contributed by atoms with Gasteiger partial charge in [0.25, 0.3) is 5.56 Å². The fourth-order valence-electron chi connectivity index (χ4n) is 3.09. The van der Waals surface area contributed by atoms with Crippen LogP contribution in [0, 0.1) is 0 Å². The van der Waals surface area contributed by atoms with E-state index in [0.29, 0.717) is 11.0 Å². The first-order valence-corrected chi connectivity index (χ1v) is 9.07. The van der Waals surface area contributed by atoms with Crippen LogP contribution in [0.3, 0.4) is 0 Å². The molecular weight excluding hydrogens is 288 g/mol. The average molecular weight is 318 g/mol. The molecule has 0 aliphatic heterocycles. The van der Waals surface area contributed by atoms with E-state index in [1.54, 1.807) is 0 Å². The predicted molar refractivity (Wildman–Crippen MR) is 96.6 cm³/mol. The first-order chi connectivity index (χ1) is 11.2. The van der Waals surface area contributed by atoms with Crippen LogP contribution < -0.4 is 11.3 Å². The molecule has 2 aromatic rings. The van der Waals surface area contributed by atoms with E-state index in [9.17, 15) is 4.79 Å². The number of nitrogens with two attached hydrogens (primary N) is 1. The summed E-state index contributed by atoms with van der Waals surface area (Å²) in [5.74, 6) is 0.180. The lowest BCUT2D eigenvalue weighted by Crippen LogP contribution is -2.14. The first-order valence-electron chi connectivity index (χ1n) is 9.07. The molecule has 2 aromatic heterocycles. The normalized spacial score (nSPS) is 11.3. The Morgan fingerprint density at radius 1 is 1.04 bits per heavy atom. The zero-order chi connectivity index (χ0) is 16.5. The Balaban J connectivity index is 1.65. The number of nitrogens with one attached hydrogen (secondary N) is 1. The van der Waals surface area contributed by atoms with Crippen molar-refractivity contribution in [1.29, 1.82) is 0 Å². The molecule has 2 heterocycles. The summed E-state index contributed by atoms with van der Waals surface area (Å²) in [5, 5.41) is 0. The predicted octanol–water partition coefficient (Wildman–Crippen LogP) is 4.23. The quantitative estimate of drug-likeness (QED) is 0.609. The average Bonchev–Trinajstić information content (AvgIpc) is 2.92. The minimum atomic E-state index is -0.149. The highest BCUT2D eigenvalue weighted by atomic mass is 16.1. The van der Waals surface area contributed by atoms with Crippen molar-refractivity contribution in [3.05, 3.63) is 22.6 Å². The Hall–Kier alpha value is -1.78. The summed E-state index contributed by atoms with van der Waals surface area (Å²) >= 11 is 0. The van der Waals surface area contributed by atoms with Crippen molar-refractivity contribution >= 4 is 17.0 Å². The Morgan fingerprint density at radius 2 is 1.65 bits per heavy atom. The van der Waals surface area contributed by atoms with E-state index in [-0.39, 0.29) is 11.5 Å². The van der Waals surface area contributed by atoms with Gasteiger partial charge in [0.2, 0.25) is 5.95 Å². The molecule has 3 N–H and O–H groups in total. The Labute approximate surface area is 138 Å². The van der Waals surface area contributed by atoms with Gasteiger partial charge >= 0.3 is 0 Å². The topological polar surface area (TPSA) is 76.7 Å². The maximum atomic E-state index is 12.0. The largest absolute Gasteiger partial charge is 0.369 e. The van der Waals surface area contributed by atoms with Crippen LogP contribution >= 0.6 is 0 Å². The third kappa shape index (κ3) is 5.41. The monoisotopic (exact) mass is 318 g/mol. The molecule has 0 atom stereocenters. The van der Waals surface area contributed by atoms with Crippen molar-refractivity contribution in [2.45, 2.75) is 77.7 Å². The molecule has 128 valence electrons. The van der Waals surface area contributed by atoms with Crippen molar-refractivity contribution in [1.82, 2.24) is 14.5 Å². The molecular formula is C18H30N4O. The highest BCUT2D eigenvalue weighted by Crippen LogP contribution is 2.13. The summed E-state index contributed by atoms with van der Waals surface area (Å²) in [4.78, 5) is 18.7. The summed E-state index contributed by atoms with van der Waals surface area (Å²) in [6, 6.07) is 1.86. The minimum absolute atomic E-state index is 0.149. The van der Waals surface area contributed by atoms with E-state index in [1.807, 2.05) is 16.8 Å². The van der Waals surface area contributed by atoms with E-state index in [4.69, 9.17) is 5.73 Å². The number of nitrogen functional groups attached to an aromatic ring is 1. The van der Waals surface area contributed by atoms with Crippen LogP contribution in [-0.4, -0.2) is 14.5 Å². The Morgan fingerprint density at radius 3 is 2.30 bits per heavy atom. The number of nitrogens with zero attached hydrogens (tertiary/aromatic N) is 2. The number of aromatic nitrogens is 3. The van der Waals surface area contributed by atoms with Crippen molar-refractivity contribution in [3.63, 3.8) is 0 Å². The number of rotatable bonds is 11. The lowest BCUT2D eigenvalue weighted by atomic mass is 10.1. The van der Waals surface area contributed by atoms with Crippen molar-refractivity contribution in [2.24, 2.45) is 0 Å². The lowest BCUT2D eigenvalue weighted by molar-refractivity contribution is 0.538. The smallest absolute Gasteiger partial charge is 0.276 e. The number of anilines is 1. The van der Waals surface area contributed by atoms with Crippen LogP contribution in [0.15, 0.2) is 17.1 Å². The number of aryl methyl sites for hydroxylation is 1. The molecule has 23 heavy (non-hydrogen) atoms. The van der Waals surface area contributed by atoms with Gasteiger partial charge < -0.3 is 10.3 Å². The number of H-pyrrole nitrogens is 1. The van der Waals surface area contributed by atoms with Gasteiger partial charge in [0.1, 0.15) is 5.52 Å². The van der Waals surface area contributed by atoms with Crippen molar-refractivity contribution in [3.8, 4) is 0 Å². The Kier molecular flexibility index (Phi) is 7.17. The second kappa shape index (κ2) is 9.38. The minimum Gasteiger partial charge on any atom is -0.369 e.